The van der Waals surface area contributed by atoms with Gasteiger partial charge in [0.25, 0.3) is 0 Å². The molecule has 0 unspecified atom stereocenters. The number of morpholine rings is 1. The smallest absolute Gasteiger partial charge is 0.0594 e. The lowest BCUT2D eigenvalue weighted by molar-refractivity contribution is 0.0367. The van der Waals surface area contributed by atoms with Gasteiger partial charge in [0.1, 0.15) is 0 Å². The van der Waals surface area contributed by atoms with E-state index in [0.29, 0.717) is 0 Å². The molecule has 0 spiro atoms. The molecule has 1 saturated heterocycles. The number of ether oxygens (including phenoxy) is 1. The van der Waals surface area contributed by atoms with Crippen molar-refractivity contribution in [2.45, 2.75) is 51.0 Å². The highest BCUT2D eigenvalue weighted by Crippen LogP contribution is 2.29. The van der Waals surface area contributed by atoms with Gasteiger partial charge in [-0.15, -0.1) is 0 Å². The van der Waals surface area contributed by atoms with E-state index < -0.39 is 0 Å². The predicted octanol–water partition coefficient (Wildman–Crippen LogP) is 2.34. The maximum atomic E-state index is 5.59. The van der Waals surface area contributed by atoms with Crippen molar-refractivity contribution in [3.05, 3.63) is 0 Å². The monoisotopic (exact) mass is 315 g/mol. The number of nitrogens with two attached hydrogens (primary N) is 1. The summed E-state index contributed by atoms with van der Waals surface area (Å²) in [5.74, 6) is 1.24. The minimum absolute atomic E-state index is 0.831. The number of hydrogen-bond acceptors (Lipinski definition) is 5. The first kappa shape index (κ1) is 17.5. The zero-order valence-electron chi connectivity index (χ0n) is 13.5. The molecule has 2 fully saturated rings. The topological polar surface area (TPSA) is 41.7 Å². The van der Waals surface area contributed by atoms with E-state index in [1.54, 1.807) is 0 Å². The minimum Gasteiger partial charge on any atom is -0.379 e. The van der Waals surface area contributed by atoms with Gasteiger partial charge in [-0.25, -0.2) is 4.31 Å². The fraction of sp³-hybridized carbons (Fsp3) is 1.00. The molecule has 21 heavy (non-hydrogen) atoms. The van der Waals surface area contributed by atoms with Crippen molar-refractivity contribution in [3.63, 3.8) is 0 Å². The Balaban J connectivity index is 1.64. The van der Waals surface area contributed by atoms with Crippen LogP contribution in [0.15, 0.2) is 0 Å². The third kappa shape index (κ3) is 6.87. The summed E-state index contributed by atoms with van der Waals surface area (Å²) in [4.78, 5) is 2.55. The third-order valence-corrected chi connectivity index (χ3v) is 5.83. The maximum absolute atomic E-state index is 5.59. The van der Waals surface area contributed by atoms with Crippen molar-refractivity contribution in [1.82, 2.24) is 9.21 Å². The van der Waals surface area contributed by atoms with Crippen LogP contribution < -0.4 is 5.73 Å². The molecule has 1 heterocycles. The standard InChI is InChI=1S/C16H33N3OS/c17-8-3-4-15-21-19(16-6-1-2-7-16)10-5-9-18-11-13-20-14-12-18/h16H,1-15,17H2. The Labute approximate surface area is 134 Å². The lowest BCUT2D eigenvalue weighted by Crippen LogP contribution is -2.38. The maximum Gasteiger partial charge on any atom is 0.0594 e. The highest BCUT2D eigenvalue weighted by molar-refractivity contribution is 7.97. The summed E-state index contributed by atoms with van der Waals surface area (Å²) in [5, 5.41) is 0. The van der Waals surface area contributed by atoms with E-state index in [4.69, 9.17) is 10.5 Å². The quantitative estimate of drug-likeness (QED) is 0.495. The zero-order valence-corrected chi connectivity index (χ0v) is 14.3. The van der Waals surface area contributed by atoms with Crippen LogP contribution in [-0.4, -0.2) is 66.9 Å². The molecule has 5 heteroatoms. The van der Waals surface area contributed by atoms with Crippen molar-refractivity contribution in [1.29, 1.82) is 0 Å². The highest BCUT2D eigenvalue weighted by atomic mass is 32.2. The first-order chi connectivity index (χ1) is 10.4. The summed E-state index contributed by atoms with van der Waals surface area (Å²) >= 11 is 2.08. The van der Waals surface area contributed by atoms with Crippen LogP contribution in [0.4, 0.5) is 0 Å². The van der Waals surface area contributed by atoms with Gasteiger partial charge in [0.2, 0.25) is 0 Å². The molecular formula is C16H33N3OS. The van der Waals surface area contributed by atoms with Crippen molar-refractivity contribution < 1.29 is 4.74 Å². The first-order valence-corrected chi connectivity index (χ1v) is 9.74. The van der Waals surface area contributed by atoms with Gasteiger partial charge in [0.15, 0.2) is 0 Å². The fourth-order valence-electron chi connectivity index (χ4n) is 3.25. The number of nitrogens with zero attached hydrogens (tertiary/aromatic N) is 2. The Morgan fingerprint density at radius 3 is 2.57 bits per heavy atom. The Morgan fingerprint density at radius 1 is 1.10 bits per heavy atom. The molecule has 4 nitrogen and oxygen atoms in total. The molecular weight excluding hydrogens is 282 g/mol. The minimum atomic E-state index is 0.831. The molecule has 1 aliphatic heterocycles. The van der Waals surface area contributed by atoms with E-state index in [9.17, 15) is 0 Å². The van der Waals surface area contributed by atoms with Gasteiger partial charge in [0, 0.05) is 31.4 Å². The molecule has 2 aliphatic rings. The molecule has 0 aromatic rings. The van der Waals surface area contributed by atoms with Gasteiger partial charge >= 0.3 is 0 Å². The molecule has 0 radical (unpaired) electrons. The number of rotatable bonds is 10. The van der Waals surface area contributed by atoms with Crippen LogP contribution in [0.5, 0.6) is 0 Å². The van der Waals surface area contributed by atoms with Gasteiger partial charge in [-0.05, 0) is 45.2 Å². The van der Waals surface area contributed by atoms with Crippen molar-refractivity contribution in [2.24, 2.45) is 5.73 Å². The van der Waals surface area contributed by atoms with Crippen LogP contribution in [0.2, 0.25) is 0 Å². The van der Waals surface area contributed by atoms with Gasteiger partial charge in [-0.2, -0.15) is 0 Å². The second-order valence-electron chi connectivity index (χ2n) is 6.22. The zero-order chi connectivity index (χ0) is 14.8. The van der Waals surface area contributed by atoms with Crippen LogP contribution in [0.3, 0.4) is 0 Å². The number of unbranched alkanes of at least 4 members (excludes halogenated alkanes) is 1. The van der Waals surface area contributed by atoms with E-state index in [2.05, 4.69) is 21.2 Å². The molecule has 0 amide bonds. The van der Waals surface area contributed by atoms with E-state index in [-0.39, 0.29) is 0 Å². The lowest BCUT2D eigenvalue weighted by Gasteiger charge is -2.30. The summed E-state index contributed by atoms with van der Waals surface area (Å²) in [6.07, 6.45) is 9.37. The van der Waals surface area contributed by atoms with Crippen LogP contribution >= 0.6 is 11.9 Å². The van der Waals surface area contributed by atoms with E-state index >= 15 is 0 Å². The van der Waals surface area contributed by atoms with Gasteiger partial charge in [-0.3, -0.25) is 4.90 Å². The number of hydrogen-bond donors (Lipinski definition) is 1. The summed E-state index contributed by atoms with van der Waals surface area (Å²) < 4.78 is 8.12. The van der Waals surface area contributed by atoms with E-state index in [0.717, 1.165) is 38.9 Å². The van der Waals surface area contributed by atoms with Crippen molar-refractivity contribution in [2.75, 3.05) is 51.7 Å². The Hall–Kier alpha value is 0.190. The van der Waals surface area contributed by atoms with Crippen LogP contribution in [0.25, 0.3) is 0 Å². The Morgan fingerprint density at radius 2 is 1.86 bits per heavy atom. The molecule has 1 saturated carbocycles. The summed E-state index contributed by atoms with van der Waals surface area (Å²) in [6.45, 7) is 7.38. The van der Waals surface area contributed by atoms with Crippen molar-refractivity contribution >= 4 is 11.9 Å². The SMILES string of the molecule is NCCCCSN(CCCN1CCOCC1)C1CCCC1. The van der Waals surface area contributed by atoms with Crippen LogP contribution in [0.1, 0.15) is 44.9 Å². The normalized spacial score (nSPS) is 21.4. The van der Waals surface area contributed by atoms with Gasteiger partial charge in [-0.1, -0.05) is 24.8 Å². The Kier molecular flexibility index (Phi) is 9.05. The molecule has 2 N–H and O–H groups in total. The average molecular weight is 316 g/mol. The molecule has 0 aromatic heterocycles. The first-order valence-electron chi connectivity index (χ1n) is 8.80. The summed E-state index contributed by atoms with van der Waals surface area (Å²) in [6, 6.07) is 0.831. The molecule has 0 bridgehead atoms. The fourth-order valence-corrected chi connectivity index (χ4v) is 4.50. The van der Waals surface area contributed by atoms with Crippen LogP contribution in [-0.2, 0) is 4.74 Å². The average Bonchev–Trinajstić information content (AvgIpc) is 3.05. The second kappa shape index (κ2) is 10.8. The Bertz CT molecular complexity index is 256. The summed E-state index contributed by atoms with van der Waals surface area (Å²) in [7, 11) is 0. The second-order valence-corrected chi connectivity index (χ2v) is 7.35. The third-order valence-electron chi connectivity index (χ3n) is 4.54. The van der Waals surface area contributed by atoms with E-state index in [1.165, 1.54) is 63.8 Å². The molecule has 2 rings (SSSR count). The molecule has 0 atom stereocenters. The summed E-state index contributed by atoms with van der Waals surface area (Å²) in [5.41, 5.74) is 5.59. The van der Waals surface area contributed by atoms with Gasteiger partial charge in [0.05, 0.1) is 13.2 Å². The highest BCUT2D eigenvalue weighted by Gasteiger charge is 2.22. The van der Waals surface area contributed by atoms with Gasteiger partial charge < -0.3 is 10.5 Å². The van der Waals surface area contributed by atoms with Crippen molar-refractivity contribution in [3.8, 4) is 0 Å². The van der Waals surface area contributed by atoms with E-state index in [1.807, 2.05) is 0 Å². The van der Waals surface area contributed by atoms with Crippen LogP contribution in [0, 0.1) is 0 Å². The molecule has 124 valence electrons. The largest absolute Gasteiger partial charge is 0.379 e. The molecule has 0 aromatic carbocycles. The lowest BCUT2D eigenvalue weighted by atomic mass is 10.2. The molecule has 1 aliphatic carbocycles. The predicted molar refractivity (Wildman–Crippen MR) is 91.6 cm³/mol.